The first kappa shape index (κ1) is 12.3. The Morgan fingerprint density at radius 2 is 2.06 bits per heavy atom. The van der Waals surface area contributed by atoms with Crippen molar-refractivity contribution in [2.24, 2.45) is 5.73 Å². The van der Waals surface area contributed by atoms with Crippen molar-refractivity contribution in [1.82, 2.24) is 0 Å². The summed E-state index contributed by atoms with van der Waals surface area (Å²) in [5, 5.41) is 0.503. The zero-order valence-corrected chi connectivity index (χ0v) is 9.07. The van der Waals surface area contributed by atoms with Gasteiger partial charge in [0.15, 0.2) is 13.2 Å². The fourth-order valence-electron chi connectivity index (χ4n) is 0.892. The van der Waals surface area contributed by atoms with E-state index in [1.807, 2.05) is 0 Å². The lowest BCUT2D eigenvalue weighted by Crippen LogP contribution is -2.23. The second-order valence-corrected chi connectivity index (χ2v) is 3.31. The second kappa shape index (κ2) is 5.97. The molecule has 2 N–H and O–H groups in total. The third-order valence-electron chi connectivity index (χ3n) is 1.53. The first-order chi connectivity index (χ1) is 7.58. The molecule has 0 atom stereocenters. The molecule has 0 heterocycles. The van der Waals surface area contributed by atoms with Gasteiger partial charge in [-0.1, -0.05) is 17.7 Å². The Balaban J connectivity index is 2.34. The first-order valence-electron chi connectivity index (χ1n) is 4.40. The molecule has 0 bridgehead atoms. The molecule has 0 aliphatic heterocycles. The molecule has 1 amide bonds. The van der Waals surface area contributed by atoms with Crippen molar-refractivity contribution in [3.63, 3.8) is 0 Å². The summed E-state index contributed by atoms with van der Waals surface area (Å²) >= 11 is 5.71. The van der Waals surface area contributed by atoms with Crippen LogP contribution in [-0.4, -0.2) is 25.1 Å². The number of rotatable bonds is 5. The Morgan fingerprint density at radius 3 is 2.69 bits per heavy atom. The van der Waals surface area contributed by atoms with Gasteiger partial charge in [0.2, 0.25) is 0 Å². The Morgan fingerprint density at radius 1 is 1.31 bits per heavy atom. The Hall–Kier alpha value is -1.75. The lowest BCUT2D eigenvalue weighted by Gasteiger charge is -2.05. The van der Waals surface area contributed by atoms with Gasteiger partial charge in [-0.25, -0.2) is 4.79 Å². The van der Waals surface area contributed by atoms with Crippen molar-refractivity contribution >= 4 is 23.5 Å². The molecule has 86 valence electrons. The van der Waals surface area contributed by atoms with E-state index in [0.29, 0.717) is 10.8 Å². The van der Waals surface area contributed by atoms with Crippen LogP contribution in [0.25, 0.3) is 0 Å². The molecule has 1 aromatic carbocycles. The second-order valence-electron chi connectivity index (χ2n) is 2.87. The maximum atomic E-state index is 11.0. The molecule has 0 fully saturated rings. The van der Waals surface area contributed by atoms with E-state index in [9.17, 15) is 9.59 Å². The largest absolute Gasteiger partial charge is 0.482 e. The van der Waals surface area contributed by atoms with Crippen LogP contribution < -0.4 is 10.5 Å². The molecular weight excluding hydrogens is 234 g/mol. The van der Waals surface area contributed by atoms with Crippen LogP contribution in [0.3, 0.4) is 0 Å². The number of primary amides is 1. The summed E-state index contributed by atoms with van der Waals surface area (Å²) in [4.78, 5) is 21.3. The van der Waals surface area contributed by atoms with Gasteiger partial charge in [-0.3, -0.25) is 4.79 Å². The molecule has 0 radical (unpaired) electrons. The van der Waals surface area contributed by atoms with E-state index >= 15 is 0 Å². The van der Waals surface area contributed by atoms with Crippen LogP contribution in [0.4, 0.5) is 0 Å². The van der Waals surface area contributed by atoms with E-state index in [0.717, 1.165) is 0 Å². The van der Waals surface area contributed by atoms with Crippen molar-refractivity contribution in [3.05, 3.63) is 29.3 Å². The summed E-state index contributed by atoms with van der Waals surface area (Å²) in [6, 6.07) is 6.57. The van der Waals surface area contributed by atoms with Crippen LogP contribution in [-0.2, 0) is 14.3 Å². The Kier molecular flexibility index (Phi) is 4.60. The molecule has 1 aromatic rings. The van der Waals surface area contributed by atoms with Crippen molar-refractivity contribution in [3.8, 4) is 5.75 Å². The molecule has 0 aliphatic rings. The molecule has 6 heteroatoms. The topological polar surface area (TPSA) is 78.6 Å². The quantitative estimate of drug-likeness (QED) is 0.774. The minimum absolute atomic E-state index is 0.298. The van der Waals surface area contributed by atoms with Crippen molar-refractivity contribution in [2.45, 2.75) is 0 Å². The summed E-state index contributed by atoms with van der Waals surface area (Å²) in [5.41, 5.74) is 4.79. The molecular formula is C10H10ClNO4. The SMILES string of the molecule is NC(=O)COC(=O)COc1cccc(Cl)c1. The number of esters is 1. The van der Waals surface area contributed by atoms with Crippen LogP contribution >= 0.6 is 11.6 Å². The third kappa shape index (κ3) is 4.65. The number of carbonyl (C=O) groups is 2. The molecule has 0 spiro atoms. The van der Waals surface area contributed by atoms with Gasteiger partial charge in [0.05, 0.1) is 0 Å². The van der Waals surface area contributed by atoms with Gasteiger partial charge in [0, 0.05) is 5.02 Å². The number of carbonyl (C=O) groups excluding carboxylic acids is 2. The molecule has 0 aliphatic carbocycles. The van der Waals surface area contributed by atoms with Gasteiger partial charge in [0.1, 0.15) is 5.75 Å². The summed E-state index contributed by atoms with van der Waals surface area (Å²) in [7, 11) is 0. The van der Waals surface area contributed by atoms with E-state index in [2.05, 4.69) is 4.74 Å². The number of ether oxygens (including phenoxy) is 2. The van der Waals surface area contributed by atoms with Gasteiger partial charge in [0.25, 0.3) is 5.91 Å². The highest BCUT2D eigenvalue weighted by Crippen LogP contribution is 2.16. The predicted octanol–water partition coefficient (Wildman–Crippen LogP) is 0.747. The van der Waals surface area contributed by atoms with E-state index in [-0.39, 0.29) is 6.61 Å². The maximum absolute atomic E-state index is 11.0. The fraction of sp³-hybridized carbons (Fsp3) is 0.200. The van der Waals surface area contributed by atoms with Gasteiger partial charge < -0.3 is 15.2 Å². The van der Waals surface area contributed by atoms with Crippen LogP contribution in [0.15, 0.2) is 24.3 Å². The summed E-state index contributed by atoms with van der Waals surface area (Å²) < 4.78 is 9.55. The van der Waals surface area contributed by atoms with Crippen LogP contribution in [0.1, 0.15) is 0 Å². The van der Waals surface area contributed by atoms with Crippen LogP contribution in [0.2, 0.25) is 5.02 Å². The van der Waals surface area contributed by atoms with E-state index < -0.39 is 18.5 Å². The van der Waals surface area contributed by atoms with Crippen molar-refractivity contribution in [1.29, 1.82) is 0 Å². The number of hydrogen-bond acceptors (Lipinski definition) is 4. The lowest BCUT2D eigenvalue weighted by atomic mass is 10.3. The van der Waals surface area contributed by atoms with Crippen LogP contribution in [0.5, 0.6) is 5.75 Å². The zero-order chi connectivity index (χ0) is 12.0. The molecule has 5 nitrogen and oxygen atoms in total. The standard InChI is InChI=1S/C10H10ClNO4/c11-7-2-1-3-8(4-7)15-6-10(14)16-5-9(12)13/h1-4H,5-6H2,(H2,12,13). The third-order valence-corrected chi connectivity index (χ3v) is 1.76. The van der Waals surface area contributed by atoms with Gasteiger partial charge in [-0.05, 0) is 18.2 Å². The minimum Gasteiger partial charge on any atom is -0.482 e. The van der Waals surface area contributed by atoms with Gasteiger partial charge in [-0.2, -0.15) is 0 Å². The van der Waals surface area contributed by atoms with Crippen LogP contribution in [0, 0.1) is 0 Å². The minimum atomic E-state index is -0.712. The predicted molar refractivity (Wildman–Crippen MR) is 57.1 cm³/mol. The fourth-order valence-corrected chi connectivity index (χ4v) is 1.07. The number of nitrogens with two attached hydrogens (primary N) is 1. The summed E-state index contributed by atoms with van der Waals surface area (Å²) in [5.74, 6) is -0.932. The van der Waals surface area contributed by atoms with Gasteiger partial charge in [-0.15, -0.1) is 0 Å². The number of hydrogen-bond donors (Lipinski definition) is 1. The van der Waals surface area contributed by atoms with E-state index in [1.165, 1.54) is 0 Å². The molecule has 1 rings (SSSR count). The average molecular weight is 244 g/mol. The molecule has 0 unspecified atom stereocenters. The first-order valence-corrected chi connectivity index (χ1v) is 4.78. The number of benzene rings is 1. The van der Waals surface area contributed by atoms with Gasteiger partial charge >= 0.3 is 5.97 Å². The van der Waals surface area contributed by atoms with E-state index in [4.69, 9.17) is 22.1 Å². The lowest BCUT2D eigenvalue weighted by molar-refractivity contribution is -0.149. The Bertz CT molecular complexity index is 394. The summed E-state index contributed by atoms with van der Waals surface area (Å²) in [6.45, 7) is -0.745. The smallest absolute Gasteiger partial charge is 0.344 e. The van der Waals surface area contributed by atoms with E-state index in [1.54, 1.807) is 24.3 Å². The maximum Gasteiger partial charge on any atom is 0.344 e. The zero-order valence-electron chi connectivity index (χ0n) is 8.31. The average Bonchev–Trinajstić information content (AvgIpc) is 2.23. The number of amides is 1. The number of halogens is 1. The highest BCUT2D eigenvalue weighted by molar-refractivity contribution is 6.30. The molecule has 0 saturated heterocycles. The Labute approximate surface area is 97.1 Å². The highest BCUT2D eigenvalue weighted by atomic mass is 35.5. The molecule has 0 saturated carbocycles. The highest BCUT2D eigenvalue weighted by Gasteiger charge is 2.06. The summed E-state index contributed by atoms with van der Waals surface area (Å²) in [6.07, 6.45) is 0. The monoisotopic (exact) mass is 243 g/mol. The van der Waals surface area contributed by atoms with Crippen molar-refractivity contribution < 1.29 is 19.1 Å². The molecule has 16 heavy (non-hydrogen) atoms. The molecule has 0 aromatic heterocycles. The normalized spacial score (nSPS) is 9.56. The van der Waals surface area contributed by atoms with Crippen molar-refractivity contribution in [2.75, 3.05) is 13.2 Å².